The monoisotopic (exact) mass is 246 g/mol. The van der Waals surface area contributed by atoms with E-state index in [1.54, 1.807) is 11.3 Å². The topological polar surface area (TPSA) is 24.1 Å². The molecule has 1 aromatic heterocycles. The van der Waals surface area contributed by atoms with E-state index in [2.05, 4.69) is 16.7 Å². The maximum atomic E-state index is 10.3. The number of nitrogens with zero attached hydrogens (tertiary/aromatic N) is 1. The first-order valence-corrected chi connectivity index (χ1v) is 6.98. The molecule has 0 fully saturated rings. The van der Waals surface area contributed by atoms with Crippen molar-refractivity contribution in [3.05, 3.63) is 35.3 Å². The summed E-state index contributed by atoms with van der Waals surface area (Å²) >= 11 is 1.74. The van der Waals surface area contributed by atoms with E-state index in [0.29, 0.717) is 5.88 Å². The van der Waals surface area contributed by atoms with Crippen molar-refractivity contribution in [3.8, 4) is 16.3 Å². The lowest BCUT2D eigenvalue weighted by Gasteiger charge is -1.95. The van der Waals surface area contributed by atoms with Crippen molar-refractivity contribution in [2.45, 2.75) is 32.2 Å². The van der Waals surface area contributed by atoms with Crippen molar-refractivity contribution in [2.24, 2.45) is 0 Å². The molecule has 1 N–H and O–H groups in total. The summed E-state index contributed by atoms with van der Waals surface area (Å²) in [7, 11) is 0. The molecule has 0 unspecified atom stereocenters. The van der Waals surface area contributed by atoms with E-state index >= 15 is 0 Å². The van der Waals surface area contributed by atoms with E-state index in [1.165, 1.54) is 24.3 Å². The van der Waals surface area contributed by atoms with Gasteiger partial charge >= 0.3 is 5.88 Å². The quantitative estimate of drug-likeness (QED) is 0.768. The Morgan fingerprint density at radius 2 is 1.88 bits per heavy atom. The molecule has 2 heterocycles. The Labute approximate surface area is 105 Å². The number of hydrogen-bond donors (Lipinski definition) is 1. The lowest BCUT2D eigenvalue weighted by Crippen LogP contribution is -2.34. The second kappa shape index (κ2) is 4.49. The Balaban J connectivity index is 2.08. The molecule has 0 saturated heterocycles. The smallest absolute Gasteiger partial charge is 0.384 e. The molecule has 0 bridgehead atoms. The highest BCUT2D eigenvalue weighted by atomic mass is 32.1. The number of rotatable bonds is 1. The fourth-order valence-electron chi connectivity index (χ4n) is 2.38. The molecule has 17 heavy (non-hydrogen) atoms. The number of thiazole rings is 1. The van der Waals surface area contributed by atoms with Crippen LogP contribution in [0.1, 0.15) is 24.3 Å². The summed E-state index contributed by atoms with van der Waals surface area (Å²) in [6.07, 6.45) is 4.80. The van der Waals surface area contributed by atoms with Crippen molar-refractivity contribution < 1.29 is 9.67 Å². The molecule has 3 rings (SSSR count). The molecule has 1 aromatic carbocycles. The molecule has 1 aliphatic rings. The SMILES string of the molecule is Oc1c(-c2ccccc2)sc2[n+]1CCCCC2. The van der Waals surface area contributed by atoms with Crippen LogP contribution in [0.25, 0.3) is 10.4 Å². The van der Waals surface area contributed by atoms with Crippen LogP contribution in [0.15, 0.2) is 30.3 Å². The number of aromatic nitrogens is 1. The van der Waals surface area contributed by atoms with Crippen LogP contribution in [0.4, 0.5) is 0 Å². The van der Waals surface area contributed by atoms with E-state index in [9.17, 15) is 5.11 Å². The number of hydrogen-bond acceptors (Lipinski definition) is 2. The maximum Gasteiger partial charge on any atom is 0.384 e. The highest BCUT2D eigenvalue weighted by Crippen LogP contribution is 2.34. The van der Waals surface area contributed by atoms with E-state index in [0.717, 1.165) is 23.4 Å². The Bertz CT molecular complexity index is 519. The van der Waals surface area contributed by atoms with E-state index in [-0.39, 0.29) is 0 Å². The van der Waals surface area contributed by atoms with Crippen LogP contribution < -0.4 is 4.57 Å². The van der Waals surface area contributed by atoms with Crippen LogP contribution in [0.3, 0.4) is 0 Å². The highest BCUT2D eigenvalue weighted by molar-refractivity contribution is 7.15. The van der Waals surface area contributed by atoms with Gasteiger partial charge in [0, 0.05) is 18.4 Å². The Morgan fingerprint density at radius 3 is 2.71 bits per heavy atom. The highest BCUT2D eigenvalue weighted by Gasteiger charge is 2.27. The largest absolute Gasteiger partial charge is 0.459 e. The van der Waals surface area contributed by atoms with Gasteiger partial charge in [-0.15, -0.1) is 0 Å². The van der Waals surface area contributed by atoms with Crippen LogP contribution in [-0.2, 0) is 13.0 Å². The molecule has 0 saturated carbocycles. The molecule has 0 amide bonds. The Hall–Kier alpha value is -1.35. The second-order valence-corrected chi connectivity index (χ2v) is 5.56. The zero-order chi connectivity index (χ0) is 11.7. The average molecular weight is 246 g/mol. The predicted molar refractivity (Wildman–Crippen MR) is 69.2 cm³/mol. The van der Waals surface area contributed by atoms with Gasteiger partial charge in [0.1, 0.15) is 0 Å². The van der Waals surface area contributed by atoms with Gasteiger partial charge in [0.05, 0.1) is 0 Å². The van der Waals surface area contributed by atoms with Crippen molar-refractivity contribution in [1.29, 1.82) is 0 Å². The van der Waals surface area contributed by atoms with Gasteiger partial charge in [0.2, 0.25) is 5.01 Å². The standard InChI is InChI=1S/C14H15NOS/c16-14-13(11-7-3-1-4-8-11)17-12-9-5-2-6-10-15(12)14/h1,3-4,7-8H,2,5-6,9-10H2/p+1. The molecule has 0 radical (unpaired) electrons. The van der Waals surface area contributed by atoms with Crippen LogP contribution in [0, 0.1) is 0 Å². The fraction of sp³-hybridized carbons (Fsp3) is 0.357. The predicted octanol–water partition coefficient (Wildman–Crippen LogP) is 3.13. The van der Waals surface area contributed by atoms with Gasteiger partial charge in [-0.2, -0.15) is 4.57 Å². The molecule has 1 aliphatic heterocycles. The summed E-state index contributed by atoms with van der Waals surface area (Å²) < 4.78 is 2.10. The van der Waals surface area contributed by atoms with Gasteiger partial charge in [-0.05, 0) is 12.8 Å². The number of aromatic hydroxyl groups is 1. The van der Waals surface area contributed by atoms with Crippen molar-refractivity contribution in [2.75, 3.05) is 0 Å². The molecule has 2 aromatic rings. The zero-order valence-corrected chi connectivity index (χ0v) is 10.5. The summed E-state index contributed by atoms with van der Waals surface area (Å²) in [5, 5.41) is 11.6. The van der Waals surface area contributed by atoms with Gasteiger partial charge in [-0.3, -0.25) is 0 Å². The molecular weight excluding hydrogens is 230 g/mol. The van der Waals surface area contributed by atoms with Gasteiger partial charge in [-0.1, -0.05) is 41.7 Å². The van der Waals surface area contributed by atoms with Crippen LogP contribution >= 0.6 is 11.3 Å². The maximum absolute atomic E-state index is 10.3. The summed E-state index contributed by atoms with van der Waals surface area (Å²) in [4.78, 5) is 1.02. The van der Waals surface area contributed by atoms with Crippen molar-refractivity contribution >= 4 is 11.3 Å². The number of benzene rings is 1. The second-order valence-electron chi connectivity index (χ2n) is 4.48. The normalized spacial score (nSPS) is 15.3. The fourth-order valence-corrected chi connectivity index (χ4v) is 3.60. The summed E-state index contributed by atoms with van der Waals surface area (Å²) in [6.45, 7) is 0.963. The lowest BCUT2D eigenvalue weighted by atomic mass is 10.2. The molecular formula is C14H16NOS+. The first-order valence-electron chi connectivity index (χ1n) is 6.16. The number of fused-ring (bicyclic) bond motifs is 1. The van der Waals surface area contributed by atoms with Crippen LogP contribution in [-0.4, -0.2) is 5.11 Å². The molecule has 0 aliphatic carbocycles. The van der Waals surface area contributed by atoms with E-state index in [1.807, 2.05) is 18.2 Å². The summed E-state index contributed by atoms with van der Waals surface area (Å²) in [6, 6.07) is 10.2. The van der Waals surface area contributed by atoms with E-state index < -0.39 is 0 Å². The minimum absolute atomic E-state index is 0.457. The minimum atomic E-state index is 0.457. The third-order valence-corrected chi connectivity index (χ3v) is 4.57. The molecule has 0 spiro atoms. The van der Waals surface area contributed by atoms with Crippen molar-refractivity contribution in [3.63, 3.8) is 0 Å². The molecule has 2 nitrogen and oxygen atoms in total. The molecule has 3 heteroatoms. The molecule has 0 atom stereocenters. The third-order valence-electron chi connectivity index (χ3n) is 3.29. The first-order chi connectivity index (χ1) is 8.36. The van der Waals surface area contributed by atoms with E-state index in [4.69, 9.17) is 0 Å². The average Bonchev–Trinajstić information content (AvgIpc) is 2.56. The zero-order valence-electron chi connectivity index (χ0n) is 9.72. The third kappa shape index (κ3) is 1.95. The summed E-state index contributed by atoms with van der Waals surface area (Å²) in [5.41, 5.74) is 1.12. The summed E-state index contributed by atoms with van der Waals surface area (Å²) in [5.74, 6) is 0.457. The molecule has 88 valence electrons. The van der Waals surface area contributed by atoms with Gasteiger partial charge in [0.25, 0.3) is 0 Å². The van der Waals surface area contributed by atoms with Gasteiger partial charge in [0.15, 0.2) is 11.4 Å². The van der Waals surface area contributed by atoms with Crippen LogP contribution in [0.2, 0.25) is 0 Å². The first kappa shape index (κ1) is 10.8. The lowest BCUT2D eigenvalue weighted by molar-refractivity contribution is -0.703. The van der Waals surface area contributed by atoms with Gasteiger partial charge < -0.3 is 5.11 Å². The van der Waals surface area contributed by atoms with Crippen LogP contribution in [0.5, 0.6) is 5.88 Å². The minimum Gasteiger partial charge on any atom is -0.459 e. The van der Waals surface area contributed by atoms with Crippen molar-refractivity contribution in [1.82, 2.24) is 0 Å². The number of aryl methyl sites for hydroxylation is 1. The Morgan fingerprint density at radius 1 is 1.06 bits per heavy atom. The van der Waals surface area contributed by atoms with Gasteiger partial charge in [-0.25, -0.2) is 0 Å². The Kier molecular flexibility index (Phi) is 2.85.